The molecule has 2 atom stereocenters. The van der Waals surface area contributed by atoms with Crippen molar-refractivity contribution in [1.29, 1.82) is 0 Å². The summed E-state index contributed by atoms with van der Waals surface area (Å²) in [5.41, 5.74) is 6.73. The highest BCUT2D eigenvalue weighted by atomic mass is 127. The minimum atomic E-state index is 0. The highest BCUT2D eigenvalue weighted by molar-refractivity contribution is 14.0. The SMILES string of the molecule is COCC(C)NC(N)=NCC(CO)Cc1ccccn1.I. The van der Waals surface area contributed by atoms with Crippen LogP contribution in [-0.2, 0) is 11.2 Å². The number of rotatable bonds is 8. The first-order valence-corrected chi connectivity index (χ1v) is 6.71. The lowest BCUT2D eigenvalue weighted by Gasteiger charge is -2.15. The Morgan fingerprint density at radius 2 is 2.29 bits per heavy atom. The van der Waals surface area contributed by atoms with Crippen LogP contribution in [0.25, 0.3) is 0 Å². The van der Waals surface area contributed by atoms with Crippen molar-refractivity contribution in [3.05, 3.63) is 30.1 Å². The second kappa shape index (κ2) is 11.7. The van der Waals surface area contributed by atoms with Crippen molar-refractivity contribution in [3.8, 4) is 0 Å². The predicted octanol–water partition coefficient (Wildman–Crippen LogP) is 0.790. The topological polar surface area (TPSA) is 92.8 Å². The lowest BCUT2D eigenvalue weighted by molar-refractivity contribution is 0.179. The quantitative estimate of drug-likeness (QED) is 0.336. The number of hydrogen-bond donors (Lipinski definition) is 3. The van der Waals surface area contributed by atoms with Crippen molar-refractivity contribution in [3.63, 3.8) is 0 Å². The number of nitrogens with zero attached hydrogens (tertiary/aromatic N) is 2. The van der Waals surface area contributed by atoms with Crippen LogP contribution in [0.5, 0.6) is 0 Å². The molecule has 0 aromatic carbocycles. The fourth-order valence-corrected chi connectivity index (χ4v) is 1.82. The zero-order valence-electron chi connectivity index (χ0n) is 12.5. The van der Waals surface area contributed by atoms with Crippen LogP contribution >= 0.6 is 24.0 Å². The fourth-order valence-electron chi connectivity index (χ4n) is 1.82. The number of ether oxygens (including phenoxy) is 1. The molecule has 4 N–H and O–H groups in total. The standard InChI is InChI=1S/C14H24N4O2.HI/c1-11(10-20-2)18-14(15)17-8-12(9-19)7-13-5-3-4-6-16-13;/h3-6,11-12,19H,7-10H2,1-2H3,(H3,15,17,18);1H. The number of nitrogens with two attached hydrogens (primary N) is 1. The summed E-state index contributed by atoms with van der Waals surface area (Å²) in [5.74, 6) is 0.386. The summed E-state index contributed by atoms with van der Waals surface area (Å²) in [6, 6.07) is 5.85. The summed E-state index contributed by atoms with van der Waals surface area (Å²) in [5, 5.41) is 12.4. The number of aliphatic hydroxyl groups excluding tert-OH is 1. The molecule has 0 saturated heterocycles. The molecule has 0 bridgehead atoms. The van der Waals surface area contributed by atoms with Crippen LogP contribution < -0.4 is 11.1 Å². The second-order valence-corrected chi connectivity index (χ2v) is 4.80. The molecule has 1 rings (SSSR count). The molecule has 0 aliphatic rings. The number of guanidine groups is 1. The largest absolute Gasteiger partial charge is 0.396 e. The van der Waals surface area contributed by atoms with Crippen LogP contribution in [0.1, 0.15) is 12.6 Å². The molecule has 1 aromatic rings. The molecule has 7 heteroatoms. The van der Waals surface area contributed by atoms with E-state index in [0.29, 0.717) is 25.5 Å². The van der Waals surface area contributed by atoms with Crippen LogP contribution in [0.3, 0.4) is 0 Å². The molecule has 0 spiro atoms. The number of aliphatic hydroxyl groups is 1. The maximum Gasteiger partial charge on any atom is 0.188 e. The Bertz CT molecular complexity index is 403. The van der Waals surface area contributed by atoms with E-state index >= 15 is 0 Å². The lowest BCUT2D eigenvalue weighted by Crippen LogP contribution is -2.41. The lowest BCUT2D eigenvalue weighted by atomic mass is 10.0. The molecule has 1 heterocycles. The van der Waals surface area contributed by atoms with E-state index in [-0.39, 0.29) is 42.5 Å². The molecule has 21 heavy (non-hydrogen) atoms. The summed E-state index contributed by atoms with van der Waals surface area (Å²) < 4.78 is 5.01. The van der Waals surface area contributed by atoms with Gasteiger partial charge in [-0.1, -0.05) is 6.07 Å². The van der Waals surface area contributed by atoms with Gasteiger partial charge in [-0.2, -0.15) is 0 Å². The Hall–Kier alpha value is -0.930. The van der Waals surface area contributed by atoms with Crippen molar-refractivity contribution in [2.24, 2.45) is 16.6 Å². The average Bonchev–Trinajstić information content (AvgIpc) is 2.44. The van der Waals surface area contributed by atoms with Crippen molar-refractivity contribution in [2.75, 3.05) is 26.9 Å². The number of halogens is 1. The molecule has 0 fully saturated rings. The predicted molar refractivity (Wildman–Crippen MR) is 94.9 cm³/mol. The maximum atomic E-state index is 9.39. The zero-order valence-corrected chi connectivity index (χ0v) is 14.9. The van der Waals surface area contributed by atoms with Gasteiger partial charge in [-0.25, -0.2) is 0 Å². The Labute approximate surface area is 143 Å². The van der Waals surface area contributed by atoms with E-state index in [1.54, 1.807) is 13.3 Å². The van der Waals surface area contributed by atoms with Gasteiger partial charge in [0.1, 0.15) is 0 Å². The van der Waals surface area contributed by atoms with Crippen molar-refractivity contribution >= 4 is 29.9 Å². The number of aliphatic imine (C=N–C) groups is 1. The summed E-state index contributed by atoms with van der Waals surface area (Å²) in [7, 11) is 1.64. The number of aromatic nitrogens is 1. The zero-order chi connectivity index (χ0) is 14.8. The van der Waals surface area contributed by atoms with E-state index in [4.69, 9.17) is 10.5 Å². The highest BCUT2D eigenvalue weighted by Crippen LogP contribution is 2.06. The van der Waals surface area contributed by atoms with Crippen LogP contribution in [0.15, 0.2) is 29.4 Å². The number of methoxy groups -OCH3 is 1. The third kappa shape index (κ3) is 8.84. The number of nitrogens with one attached hydrogen (secondary N) is 1. The number of pyridine rings is 1. The van der Waals surface area contributed by atoms with Gasteiger partial charge in [-0.15, -0.1) is 24.0 Å². The summed E-state index contributed by atoms with van der Waals surface area (Å²) in [4.78, 5) is 8.50. The van der Waals surface area contributed by atoms with E-state index in [1.807, 2.05) is 25.1 Å². The molecule has 2 unspecified atom stereocenters. The monoisotopic (exact) mass is 408 g/mol. The minimum Gasteiger partial charge on any atom is -0.396 e. The smallest absolute Gasteiger partial charge is 0.188 e. The van der Waals surface area contributed by atoms with Gasteiger partial charge in [0.2, 0.25) is 0 Å². The maximum absolute atomic E-state index is 9.39. The molecular weight excluding hydrogens is 383 g/mol. The molecule has 1 aromatic heterocycles. The van der Waals surface area contributed by atoms with Gasteiger partial charge >= 0.3 is 0 Å². The first-order valence-electron chi connectivity index (χ1n) is 6.71. The Balaban J connectivity index is 0.00000400. The highest BCUT2D eigenvalue weighted by Gasteiger charge is 2.09. The van der Waals surface area contributed by atoms with E-state index < -0.39 is 0 Å². The van der Waals surface area contributed by atoms with E-state index in [9.17, 15) is 5.11 Å². The first-order chi connectivity index (χ1) is 9.65. The Kier molecular flexibility index (Phi) is 11.2. The minimum absolute atomic E-state index is 0. The molecule has 0 amide bonds. The van der Waals surface area contributed by atoms with Crippen LogP contribution in [0.2, 0.25) is 0 Å². The van der Waals surface area contributed by atoms with E-state index in [2.05, 4.69) is 15.3 Å². The molecule has 120 valence electrons. The van der Waals surface area contributed by atoms with Gasteiger partial charge in [0, 0.05) is 44.1 Å². The summed E-state index contributed by atoms with van der Waals surface area (Å²) in [6.45, 7) is 3.05. The fraction of sp³-hybridized carbons (Fsp3) is 0.571. The van der Waals surface area contributed by atoms with Crippen molar-refractivity contribution in [2.45, 2.75) is 19.4 Å². The molecular formula is C14H25IN4O2. The van der Waals surface area contributed by atoms with Crippen LogP contribution in [-0.4, -0.2) is 49.0 Å². The molecule has 0 aliphatic carbocycles. The Morgan fingerprint density at radius 1 is 1.52 bits per heavy atom. The molecule has 0 aliphatic heterocycles. The van der Waals surface area contributed by atoms with Gasteiger partial charge in [0.25, 0.3) is 0 Å². The average molecular weight is 408 g/mol. The number of hydrogen-bond acceptors (Lipinski definition) is 4. The third-order valence-corrected chi connectivity index (χ3v) is 2.81. The second-order valence-electron chi connectivity index (χ2n) is 4.80. The summed E-state index contributed by atoms with van der Waals surface area (Å²) >= 11 is 0. The molecule has 0 saturated carbocycles. The summed E-state index contributed by atoms with van der Waals surface area (Å²) in [6.07, 6.45) is 2.43. The van der Waals surface area contributed by atoms with Gasteiger partial charge in [-0.3, -0.25) is 9.98 Å². The molecule has 0 radical (unpaired) electrons. The van der Waals surface area contributed by atoms with Crippen LogP contribution in [0, 0.1) is 5.92 Å². The van der Waals surface area contributed by atoms with Gasteiger partial charge in [0.05, 0.1) is 6.61 Å². The van der Waals surface area contributed by atoms with E-state index in [1.165, 1.54) is 0 Å². The normalized spacial score (nSPS) is 14.1. The van der Waals surface area contributed by atoms with E-state index in [0.717, 1.165) is 5.69 Å². The first kappa shape index (κ1) is 20.1. The Morgan fingerprint density at radius 3 is 2.86 bits per heavy atom. The third-order valence-electron chi connectivity index (χ3n) is 2.81. The van der Waals surface area contributed by atoms with Crippen molar-refractivity contribution in [1.82, 2.24) is 10.3 Å². The van der Waals surface area contributed by atoms with Gasteiger partial charge in [0.15, 0.2) is 5.96 Å². The van der Waals surface area contributed by atoms with Gasteiger partial charge < -0.3 is 20.9 Å². The molecule has 6 nitrogen and oxygen atoms in total. The van der Waals surface area contributed by atoms with Crippen molar-refractivity contribution < 1.29 is 9.84 Å². The van der Waals surface area contributed by atoms with Gasteiger partial charge in [-0.05, 0) is 25.5 Å². The van der Waals surface area contributed by atoms with Crippen LogP contribution in [0.4, 0.5) is 0 Å².